The number of ether oxygens (including phenoxy) is 2. The van der Waals surface area contributed by atoms with Gasteiger partial charge < -0.3 is 20.1 Å². The zero-order chi connectivity index (χ0) is 21.1. The Balaban J connectivity index is 1.75. The second-order valence-corrected chi connectivity index (χ2v) is 6.46. The first-order chi connectivity index (χ1) is 14.0. The van der Waals surface area contributed by atoms with E-state index in [9.17, 15) is 14.4 Å². The van der Waals surface area contributed by atoms with Crippen molar-refractivity contribution < 1.29 is 23.9 Å². The van der Waals surface area contributed by atoms with Crippen LogP contribution in [0.25, 0.3) is 0 Å². The van der Waals surface area contributed by atoms with Crippen molar-refractivity contribution in [2.24, 2.45) is 0 Å². The van der Waals surface area contributed by atoms with Crippen LogP contribution in [0.5, 0.6) is 5.75 Å². The lowest BCUT2D eigenvalue weighted by Crippen LogP contribution is -2.46. The maximum Gasteiger partial charge on any atom is 0.338 e. The number of carbonyl (C=O) groups excluding carboxylic acids is 3. The normalized spacial score (nSPS) is 11.2. The van der Waals surface area contributed by atoms with E-state index in [1.807, 2.05) is 37.3 Å². The first-order valence-corrected chi connectivity index (χ1v) is 9.50. The molecule has 0 heterocycles. The summed E-state index contributed by atoms with van der Waals surface area (Å²) in [5, 5.41) is 5.17. The minimum absolute atomic E-state index is 0.280. The molecule has 0 aliphatic heterocycles. The summed E-state index contributed by atoms with van der Waals surface area (Å²) in [6, 6.07) is 15.5. The first-order valence-electron chi connectivity index (χ1n) is 9.50. The highest BCUT2D eigenvalue weighted by Crippen LogP contribution is 2.15. The largest absolute Gasteiger partial charge is 0.489 e. The fourth-order valence-corrected chi connectivity index (χ4v) is 2.39. The van der Waals surface area contributed by atoms with Crippen LogP contribution in [-0.2, 0) is 20.9 Å². The van der Waals surface area contributed by atoms with E-state index in [0.29, 0.717) is 24.5 Å². The van der Waals surface area contributed by atoms with Crippen LogP contribution in [0.15, 0.2) is 54.6 Å². The number of esters is 1. The van der Waals surface area contributed by atoms with E-state index in [0.717, 1.165) is 12.0 Å². The number of amides is 2. The van der Waals surface area contributed by atoms with Crippen LogP contribution in [-0.4, -0.2) is 37.0 Å². The molecule has 0 aliphatic rings. The Morgan fingerprint density at radius 1 is 1.00 bits per heavy atom. The van der Waals surface area contributed by atoms with Gasteiger partial charge in [-0.2, -0.15) is 0 Å². The summed E-state index contributed by atoms with van der Waals surface area (Å²) in [5.74, 6) is -0.828. The topological polar surface area (TPSA) is 93.7 Å². The molecule has 0 unspecified atom stereocenters. The molecule has 2 N–H and O–H groups in total. The van der Waals surface area contributed by atoms with Crippen LogP contribution in [0.3, 0.4) is 0 Å². The zero-order valence-corrected chi connectivity index (χ0v) is 16.6. The maximum atomic E-state index is 12.1. The van der Waals surface area contributed by atoms with Crippen molar-refractivity contribution >= 4 is 17.8 Å². The van der Waals surface area contributed by atoms with E-state index in [4.69, 9.17) is 9.47 Å². The van der Waals surface area contributed by atoms with E-state index in [2.05, 4.69) is 10.6 Å². The Bertz CT molecular complexity index is 806. The molecule has 0 radical (unpaired) electrons. The lowest BCUT2D eigenvalue weighted by atomic mass is 10.2. The first kappa shape index (κ1) is 21.9. The van der Waals surface area contributed by atoms with E-state index >= 15 is 0 Å². The zero-order valence-electron chi connectivity index (χ0n) is 16.6. The summed E-state index contributed by atoms with van der Waals surface area (Å²) in [6.07, 6.45) is 0.806. The van der Waals surface area contributed by atoms with Gasteiger partial charge in [-0.05, 0) is 43.2 Å². The van der Waals surface area contributed by atoms with Crippen molar-refractivity contribution in [1.82, 2.24) is 10.6 Å². The molecule has 2 aromatic rings. The van der Waals surface area contributed by atoms with Gasteiger partial charge in [0.2, 0.25) is 5.91 Å². The maximum absolute atomic E-state index is 12.1. The Kier molecular flexibility index (Phi) is 8.69. The predicted molar refractivity (Wildman–Crippen MR) is 108 cm³/mol. The van der Waals surface area contributed by atoms with Crippen molar-refractivity contribution in [3.05, 3.63) is 65.7 Å². The summed E-state index contributed by atoms with van der Waals surface area (Å²) in [7, 11) is 0. The Morgan fingerprint density at radius 3 is 2.34 bits per heavy atom. The third-order valence-corrected chi connectivity index (χ3v) is 3.99. The van der Waals surface area contributed by atoms with Crippen LogP contribution in [0.4, 0.5) is 0 Å². The number of hydrogen-bond donors (Lipinski definition) is 2. The molecule has 0 bridgehead atoms. The number of hydrogen-bond acceptors (Lipinski definition) is 5. The summed E-state index contributed by atoms with van der Waals surface area (Å²) in [5.41, 5.74) is 1.35. The number of benzene rings is 2. The number of rotatable bonds is 10. The minimum atomic E-state index is -0.700. The SMILES string of the molecule is CCCNC(=O)[C@H](C)NC(=O)COC(=O)c1ccc(OCc2ccccc2)cc1. The second kappa shape index (κ2) is 11.5. The summed E-state index contributed by atoms with van der Waals surface area (Å²) in [6.45, 7) is 4.01. The minimum Gasteiger partial charge on any atom is -0.489 e. The van der Waals surface area contributed by atoms with Crippen LogP contribution in [0.1, 0.15) is 36.2 Å². The lowest BCUT2D eigenvalue weighted by molar-refractivity contribution is -0.130. The molecule has 2 rings (SSSR count). The fraction of sp³-hybridized carbons (Fsp3) is 0.318. The molecule has 0 aromatic heterocycles. The van der Waals surface area contributed by atoms with Crippen LogP contribution >= 0.6 is 0 Å². The highest BCUT2D eigenvalue weighted by molar-refractivity contribution is 5.92. The van der Waals surface area contributed by atoms with Gasteiger partial charge in [0.15, 0.2) is 6.61 Å². The van der Waals surface area contributed by atoms with Gasteiger partial charge in [0, 0.05) is 6.54 Å². The van der Waals surface area contributed by atoms with Crippen LogP contribution in [0, 0.1) is 0 Å². The van der Waals surface area contributed by atoms with Crippen molar-refractivity contribution in [2.75, 3.05) is 13.2 Å². The fourth-order valence-electron chi connectivity index (χ4n) is 2.39. The average molecular weight is 398 g/mol. The molecule has 2 amide bonds. The Morgan fingerprint density at radius 2 is 1.69 bits per heavy atom. The molecule has 7 heteroatoms. The Labute approximate surface area is 170 Å². The highest BCUT2D eigenvalue weighted by atomic mass is 16.5. The molecule has 0 saturated carbocycles. The van der Waals surface area contributed by atoms with E-state index in [-0.39, 0.29) is 5.91 Å². The molecule has 0 saturated heterocycles. The number of carbonyl (C=O) groups is 3. The molecule has 29 heavy (non-hydrogen) atoms. The van der Waals surface area contributed by atoms with Gasteiger partial charge in [-0.1, -0.05) is 37.3 Å². The molecule has 154 valence electrons. The molecule has 2 aromatic carbocycles. The smallest absolute Gasteiger partial charge is 0.338 e. The van der Waals surface area contributed by atoms with Gasteiger partial charge in [0.1, 0.15) is 18.4 Å². The van der Waals surface area contributed by atoms with E-state index in [1.54, 1.807) is 31.2 Å². The molecule has 1 atom stereocenters. The second-order valence-electron chi connectivity index (χ2n) is 6.46. The monoisotopic (exact) mass is 398 g/mol. The quantitative estimate of drug-likeness (QED) is 0.600. The predicted octanol–water partition coefficient (Wildman–Crippen LogP) is 2.45. The van der Waals surface area contributed by atoms with E-state index < -0.39 is 24.5 Å². The summed E-state index contributed by atoms with van der Waals surface area (Å²) in [4.78, 5) is 35.7. The molecular weight excluding hydrogens is 372 g/mol. The van der Waals surface area contributed by atoms with Gasteiger partial charge in [0.25, 0.3) is 5.91 Å². The lowest BCUT2D eigenvalue weighted by Gasteiger charge is -2.14. The molecular formula is C22H26N2O5. The summed E-state index contributed by atoms with van der Waals surface area (Å²) >= 11 is 0. The molecule has 0 spiro atoms. The van der Waals surface area contributed by atoms with Crippen molar-refractivity contribution in [3.8, 4) is 5.75 Å². The number of nitrogens with one attached hydrogen (secondary N) is 2. The molecule has 7 nitrogen and oxygen atoms in total. The standard InChI is InChI=1S/C22H26N2O5/c1-3-13-23-21(26)16(2)24-20(25)15-29-22(27)18-9-11-19(12-10-18)28-14-17-7-5-4-6-8-17/h4-12,16H,3,13-15H2,1-2H3,(H,23,26)(H,24,25)/t16-/m0/s1. The van der Waals surface area contributed by atoms with Gasteiger partial charge >= 0.3 is 5.97 Å². The highest BCUT2D eigenvalue weighted by Gasteiger charge is 2.16. The third-order valence-electron chi connectivity index (χ3n) is 3.99. The van der Waals surface area contributed by atoms with Gasteiger partial charge in [-0.3, -0.25) is 9.59 Å². The van der Waals surface area contributed by atoms with Crippen LogP contribution in [0.2, 0.25) is 0 Å². The van der Waals surface area contributed by atoms with Gasteiger partial charge in [-0.25, -0.2) is 4.79 Å². The average Bonchev–Trinajstić information content (AvgIpc) is 2.75. The summed E-state index contributed by atoms with van der Waals surface area (Å²) < 4.78 is 10.7. The van der Waals surface area contributed by atoms with Crippen molar-refractivity contribution in [3.63, 3.8) is 0 Å². The van der Waals surface area contributed by atoms with Gasteiger partial charge in [0.05, 0.1) is 5.56 Å². The van der Waals surface area contributed by atoms with Crippen molar-refractivity contribution in [1.29, 1.82) is 0 Å². The molecule has 0 aliphatic carbocycles. The third kappa shape index (κ3) is 7.65. The van der Waals surface area contributed by atoms with Crippen LogP contribution < -0.4 is 15.4 Å². The van der Waals surface area contributed by atoms with E-state index in [1.165, 1.54) is 0 Å². The Hall–Kier alpha value is -3.35. The molecule has 0 fully saturated rings. The van der Waals surface area contributed by atoms with Crippen molar-refractivity contribution in [2.45, 2.75) is 32.9 Å². The van der Waals surface area contributed by atoms with Gasteiger partial charge in [-0.15, -0.1) is 0 Å².